The molecule has 0 amide bonds. The molecule has 1 saturated carbocycles. The molecule has 1 aliphatic rings. The number of ketones is 1. The van der Waals surface area contributed by atoms with Crippen LogP contribution in [-0.2, 0) is 6.42 Å². The molecule has 0 radical (unpaired) electrons. The number of carbonyl (C=O) groups is 1. The van der Waals surface area contributed by atoms with Crippen LogP contribution in [0.3, 0.4) is 0 Å². The van der Waals surface area contributed by atoms with E-state index in [-0.39, 0.29) is 40.3 Å². The van der Waals surface area contributed by atoms with Gasteiger partial charge in [-0.25, -0.2) is 13.8 Å². The molecule has 2 atom stereocenters. The van der Waals surface area contributed by atoms with E-state index in [9.17, 15) is 18.7 Å². The maximum atomic E-state index is 14.2. The molecule has 4 rings (SSSR count). The molecule has 1 fully saturated rings. The number of Topliss-reactive ketones (excluding diaryl/α,β-unsaturated/α-hetero) is 1. The Morgan fingerprint density at radius 1 is 1.28 bits per heavy atom. The largest absolute Gasteiger partial charge is 0.505 e. The Hall–Kier alpha value is -2.71. The molecule has 3 N–H and O–H groups in total. The van der Waals surface area contributed by atoms with Crippen LogP contribution in [0.5, 0.6) is 5.75 Å². The predicted octanol–water partition coefficient (Wildman–Crippen LogP) is 5.24. The summed E-state index contributed by atoms with van der Waals surface area (Å²) in [5.74, 6) is -2.63. The van der Waals surface area contributed by atoms with E-state index >= 15 is 0 Å². The number of pyridine rings is 1. The number of nitrogens with zero attached hydrogens (tertiary/aromatic N) is 2. The van der Waals surface area contributed by atoms with Crippen molar-refractivity contribution in [3.63, 3.8) is 0 Å². The average Bonchev–Trinajstić information content (AvgIpc) is 3.20. The minimum Gasteiger partial charge on any atom is -0.505 e. The second-order valence-electron chi connectivity index (χ2n) is 9.23. The van der Waals surface area contributed by atoms with Crippen LogP contribution in [0.25, 0.3) is 10.6 Å². The van der Waals surface area contributed by atoms with Crippen molar-refractivity contribution in [1.29, 1.82) is 0 Å². The molecule has 0 saturated heterocycles. The van der Waals surface area contributed by atoms with Gasteiger partial charge < -0.3 is 10.8 Å². The molecule has 32 heavy (non-hydrogen) atoms. The summed E-state index contributed by atoms with van der Waals surface area (Å²) in [4.78, 5) is 21.3. The van der Waals surface area contributed by atoms with Gasteiger partial charge in [0.25, 0.3) is 0 Å². The average molecular weight is 458 g/mol. The maximum absolute atomic E-state index is 14.2. The number of nitrogens with two attached hydrogens (primary N) is 1. The number of carbonyl (C=O) groups excluding carboxylic acids is 1. The molecule has 1 aliphatic carbocycles. The van der Waals surface area contributed by atoms with Crippen molar-refractivity contribution in [3.05, 3.63) is 64.4 Å². The molecular formula is C24H25F2N3O2S. The van der Waals surface area contributed by atoms with E-state index < -0.39 is 22.9 Å². The van der Waals surface area contributed by atoms with Gasteiger partial charge in [-0.2, -0.15) is 0 Å². The summed E-state index contributed by atoms with van der Waals surface area (Å²) in [5.41, 5.74) is 8.00. The highest BCUT2D eigenvalue weighted by Crippen LogP contribution is 2.43. The number of thiazole rings is 1. The van der Waals surface area contributed by atoms with Crippen molar-refractivity contribution in [2.24, 2.45) is 11.1 Å². The van der Waals surface area contributed by atoms with Crippen LogP contribution in [-0.4, -0.2) is 26.9 Å². The second kappa shape index (κ2) is 8.67. The SMILES string of the molecule is CC1(C)C[C@H](N)C[C@H](c2ccncc2CC(=O)c2csc(-c3c(F)ccc(O)c3F)n2)C1. The molecule has 2 aromatic heterocycles. The first-order valence-electron chi connectivity index (χ1n) is 10.5. The molecule has 0 spiro atoms. The number of benzene rings is 1. The predicted molar refractivity (Wildman–Crippen MR) is 120 cm³/mol. The summed E-state index contributed by atoms with van der Waals surface area (Å²) in [6, 6.07) is 3.96. The van der Waals surface area contributed by atoms with Crippen molar-refractivity contribution >= 4 is 17.1 Å². The highest BCUT2D eigenvalue weighted by Gasteiger charge is 2.34. The first kappa shape index (κ1) is 22.5. The standard InChI is InChI=1S/C24H25F2N3O2S/c1-24(2)9-13(7-15(27)10-24)16-5-6-28-11-14(16)8-20(31)18-12-32-23(29-18)21-17(25)3-4-19(30)22(21)26/h3-6,11-13,15,30H,7-10,27H2,1-2H3/t13-,15+/m0/s1. The van der Waals surface area contributed by atoms with Crippen molar-refractivity contribution in [2.75, 3.05) is 0 Å². The number of hydrogen-bond donors (Lipinski definition) is 2. The van der Waals surface area contributed by atoms with E-state index in [4.69, 9.17) is 5.73 Å². The van der Waals surface area contributed by atoms with E-state index in [0.29, 0.717) is 0 Å². The lowest BCUT2D eigenvalue weighted by Gasteiger charge is -2.39. The highest BCUT2D eigenvalue weighted by atomic mass is 32.1. The Morgan fingerprint density at radius 3 is 2.81 bits per heavy atom. The van der Waals surface area contributed by atoms with Gasteiger partial charge in [0.05, 0.1) is 5.56 Å². The number of phenols is 1. The summed E-state index contributed by atoms with van der Waals surface area (Å²) in [5, 5.41) is 11.0. The molecular weight excluding hydrogens is 432 g/mol. The zero-order valence-corrected chi connectivity index (χ0v) is 18.8. The van der Waals surface area contributed by atoms with Gasteiger partial charge in [0.2, 0.25) is 0 Å². The minimum atomic E-state index is -1.09. The fraction of sp³-hybridized carbons (Fsp3) is 0.375. The lowest BCUT2D eigenvalue weighted by molar-refractivity contribution is 0.0988. The molecule has 8 heteroatoms. The molecule has 1 aromatic carbocycles. The Balaban J connectivity index is 1.59. The summed E-state index contributed by atoms with van der Waals surface area (Å²) in [7, 11) is 0. The van der Waals surface area contributed by atoms with Crippen LogP contribution < -0.4 is 5.73 Å². The number of aromatic nitrogens is 2. The van der Waals surface area contributed by atoms with Crippen LogP contribution in [0.2, 0.25) is 0 Å². The summed E-state index contributed by atoms with van der Waals surface area (Å²) < 4.78 is 28.4. The number of aromatic hydroxyl groups is 1. The van der Waals surface area contributed by atoms with Crippen LogP contribution in [0.4, 0.5) is 8.78 Å². The van der Waals surface area contributed by atoms with Gasteiger partial charge in [0.15, 0.2) is 17.3 Å². The van der Waals surface area contributed by atoms with Crippen LogP contribution in [0.15, 0.2) is 36.0 Å². The number of rotatable bonds is 5. The number of phenolic OH excluding ortho intramolecular Hbond substituents is 1. The van der Waals surface area contributed by atoms with Gasteiger partial charge >= 0.3 is 0 Å². The van der Waals surface area contributed by atoms with E-state index in [0.717, 1.165) is 53.9 Å². The van der Waals surface area contributed by atoms with Crippen molar-refractivity contribution < 1.29 is 18.7 Å². The Labute approximate surface area is 189 Å². The Morgan fingerprint density at radius 2 is 2.06 bits per heavy atom. The fourth-order valence-corrected chi connectivity index (χ4v) is 5.59. The van der Waals surface area contributed by atoms with Crippen LogP contribution >= 0.6 is 11.3 Å². The van der Waals surface area contributed by atoms with Crippen molar-refractivity contribution in [1.82, 2.24) is 9.97 Å². The van der Waals surface area contributed by atoms with Gasteiger partial charge in [-0.3, -0.25) is 9.78 Å². The van der Waals surface area contributed by atoms with E-state index in [2.05, 4.69) is 23.8 Å². The van der Waals surface area contributed by atoms with Gasteiger partial charge in [-0.1, -0.05) is 13.8 Å². The zero-order chi connectivity index (χ0) is 23.0. The van der Waals surface area contributed by atoms with Crippen molar-refractivity contribution in [2.45, 2.75) is 51.5 Å². The third-order valence-corrected chi connectivity index (χ3v) is 6.87. The maximum Gasteiger partial charge on any atom is 0.186 e. The molecule has 0 bridgehead atoms. The topological polar surface area (TPSA) is 89.1 Å². The van der Waals surface area contributed by atoms with E-state index in [1.54, 1.807) is 12.4 Å². The van der Waals surface area contributed by atoms with Crippen LogP contribution in [0, 0.1) is 17.0 Å². The van der Waals surface area contributed by atoms with Crippen LogP contribution in [0.1, 0.15) is 60.6 Å². The number of halogens is 2. The smallest absolute Gasteiger partial charge is 0.186 e. The van der Waals surface area contributed by atoms with Gasteiger partial charge in [-0.15, -0.1) is 11.3 Å². The molecule has 0 aliphatic heterocycles. The monoisotopic (exact) mass is 457 g/mol. The van der Waals surface area contributed by atoms with E-state index in [1.165, 1.54) is 5.38 Å². The minimum absolute atomic E-state index is 0.00524. The highest BCUT2D eigenvalue weighted by molar-refractivity contribution is 7.13. The van der Waals surface area contributed by atoms with Gasteiger partial charge in [-0.05, 0) is 59.9 Å². The quantitative estimate of drug-likeness (QED) is 0.512. The third kappa shape index (κ3) is 4.56. The Kier molecular flexibility index (Phi) is 6.09. The zero-order valence-electron chi connectivity index (χ0n) is 17.9. The number of hydrogen-bond acceptors (Lipinski definition) is 6. The summed E-state index contributed by atoms with van der Waals surface area (Å²) in [6.45, 7) is 4.42. The molecule has 5 nitrogen and oxygen atoms in total. The van der Waals surface area contributed by atoms with Gasteiger partial charge in [0, 0.05) is 30.2 Å². The Bertz CT molecular complexity index is 1160. The molecule has 0 unspecified atom stereocenters. The third-order valence-electron chi connectivity index (χ3n) is 6.01. The van der Waals surface area contributed by atoms with Crippen molar-refractivity contribution in [3.8, 4) is 16.3 Å². The second-order valence-corrected chi connectivity index (χ2v) is 10.1. The first-order valence-corrected chi connectivity index (χ1v) is 11.4. The summed E-state index contributed by atoms with van der Waals surface area (Å²) in [6.07, 6.45) is 6.30. The summed E-state index contributed by atoms with van der Waals surface area (Å²) >= 11 is 0.956. The lowest BCUT2D eigenvalue weighted by atomic mass is 9.68. The first-order chi connectivity index (χ1) is 15.1. The van der Waals surface area contributed by atoms with Gasteiger partial charge in [0.1, 0.15) is 16.5 Å². The normalized spacial score (nSPS) is 20.3. The molecule has 3 aromatic rings. The van der Waals surface area contributed by atoms with E-state index in [1.807, 2.05) is 6.07 Å². The fourth-order valence-electron chi connectivity index (χ4n) is 4.73. The molecule has 168 valence electrons. The lowest BCUT2D eigenvalue weighted by Crippen LogP contribution is -2.36. The molecule has 2 heterocycles.